The minimum atomic E-state index is 0.0216. The van der Waals surface area contributed by atoms with E-state index in [1.165, 1.54) is 0 Å². The standard InChI is InChI=1S/C10H9ClIN5O/c11-9-2-8(7(12)4-14-9)17-5-6(1-10(17)18)3-15-16-13/h2,4,6H,1,3,5H2. The van der Waals surface area contributed by atoms with E-state index < -0.39 is 0 Å². The van der Waals surface area contributed by atoms with Crippen molar-refractivity contribution in [1.82, 2.24) is 4.98 Å². The summed E-state index contributed by atoms with van der Waals surface area (Å²) < 4.78 is 0.870. The van der Waals surface area contributed by atoms with Crippen molar-refractivity contribution in [1.29, 1.82) is 0 Å². The number of nitrogens with zero attached hydrogens (tertiary/aromatic N) is 5. The summed E-state index contributed by atoms with van der Waals surface area (Å²) in [5, 5.41) is 3.88. The first kappa shape index (κ1) is 13.4. The zero-order valence-electron chi connectivity index (χ0n) is 9.25. The molecule has 1 aliphatic heterocycles. The van der Waals surface area contributed by atoms with Crippen LogP contribution >= 0.6 is 34.2 Å². The Morgan fingerprint density at radius 3 is 3.22 bits per heavy atom. The van der Waals surface area contributed by atoms with Crippen molar-refractivity contribution < 1.29 is 4.79 Å². The van der Waals surface area contributed by atoms with E-state index >= 15 is 0 Å². The first-order chi connectivity index (χ1) is 8.61. The first-order valence-corrected chi connectivity index (χ1v) is 6.69. The number of pyridine rings is 1. The lowest BCUT2D eigenvalue weighted by molar-refractivity contribution is -0.117. The van der Waals surface area contributed by atoms with Crippen LogP contribution in [0.2, 0.25) is 5.15 Å². The van der Waals surface area contributed by atoms with Gasteiger partial charge in [-0.3, -0.25) is 4.79 Å². The van der Waals surface area contributed by atoms with Crippen LogP contribution < -0.4 is 4.90 Å². The maximum Gasteiger partial charge on any atom is 0.227 e. The van der Waals surface area contributed by atoms with Crippen molar-refractivity contribution in [3.05, 3.63) is 31.4 Å². The number of carbonyl (C=O) groups is 1. The average Bonchev–Trinajstić information content (AvgIpc) is 2.71. The Labute approximate surface area is 122 Å². The monoisotopic (exact) mass is 377 g/mol. The van der Waals surface area contributed by atoms with E-state index in [0.29, 0.717) is 24.7 Å². The Kier molecular flexibility index (Phi) is 4.26. The Morgan fingerprint density at radius 1 is 1.72 bits per heavy atom. The van der Waals surface area contributed by atoms with Gasteiger partial charge in [-0.25, -0.2) is 4.98 Å². The molecule has 2 rings (SSSR count). The molecule has 0 aromatic carbocycles. The molecule has 6 nitrogen and oxygen atoms in total. The summed E-state index contributed by atoms with van der Waals surface area (Å²) in [4.78, 5) is 20.3. The molecule has 2 heterocycles. The van der Waals surface area contributed by atoms with Crippen LogP contribution in [0.5, 0.6) is 0 Å². The molecule has 1 aromatic heterocycles. The second kappa shape index (κ2) is 5.73. The Balaban J connectivity index is 2.21. The Morgan fingerprint density at radius 2 is 2.50 bits per heavy atom. The molecule has 0 radical (unpaired) electrons. The lowest BCUT2D eigenvalue weighted by Gasteiger charge is -2.18. The van der Waals surface area contributed by atoms with Gasteiger partial charge in [-0.15, -0.1) is 0 Å². The zero-order valence-corrected chi connectivity index (χ0v) is 12.2. The highest BCUT2D eigenvalue weighted by Crippen LogP contribution is 2.30. The third-order valence-electron chi connectivity index (χ3n) is 2.70. The van der Waals surface area contributed by atoms with Crippen LogP contribution in [0.1, 0.15) is 6.42 Å². The van der Waals surface area contributed by atoms with Crippen molar-refractivity contribution in [2.24, 2.45) is 11.0 Å². The summed E-state index contributed by atoms with van der Waals surface area (Å²) >= 11 is 7.96. The van der Waals surface area contributed by atoms with Crippen molar-refractivity contribution >= 4 is 45.8 Å². The SMILES string of the molecule is [N-]=[N+]=NCC1CC(=O)N(c2cc(Cl)ncc2I)C1. The fraction of sp³-hybridized carbons (Fsp3) is 0.400. The highest BCUT2D eigenvalue weighted by atomic mass is 127. The largest absolute Gasteiger partial charge is 0.311 e. The van der Waals surface area contributed by atoms with Gasteiger partial charge < -0.3 is 4.90 Å². The second-order valence-electron chi connectivity index (χ2n) is 3.95. The van der Waals surface area contributed by atoms with Crippen LogP contribution in [0.25, 0.3) is 10.4 Å². The van der Waals surface area contributed by atoms with Gasteiger partial charge in [0.1, 0.15) is 5.15 Å². The topological polar surface area (TPSA) is 82.0 Å². The minimum Gasteiger partial charge on any atom is -0.311 e. The van der Waals surface area contributed by atoms with Gasteiger partial charge >= 0.3 is 0 Å². The summed E-state index contributed by atoms with van der Waals surface area (Å²) in [6, 6.07) is 1.68. The smallest absolute Gasteiger partial charge is 0.227 e. The van der Waals surface area contributed by atoms with E-state index in [1.807, 2.05) is 0 Å². The number of hydrogen-bond donors (Lipinski definition) is 0. The molecule has 18 heavy (non-hydrogen) atoms. The average molecular weight is 378 g/mol. The van der Waals surface area contributed by atoms with E-state index in [1.54, 1.807) is 17.2 Å². The highest BCUT2D eigenvalue weighted by Gasteiger charge is 2.31. The van der Waals surface area contributed by atoms with Gasteiger partial charge in [0.2, 0.25) is 5.91 Å². The number of halogens is 2. The van der Waals surface area contributed by atoms with Gasteiger partial charge in [-0.1, -0.05) is 16.7 Å². The van der Waals surface area contributed by atoms with Crippen LogP contribution in [0.3, 0.4) is 0 Å². The van der Waals surface area contributed by atoms with Crippen molar-refractivity contribution in [2.75, 3.05) is 18.0 Å². The predicted octanol–water partition coefficient (Wildman–Crippen LogP) is 3.00. The van der Waals surface area contributed by atoms with E-state index in [0.717, 1.165) is 9.26 Å². The van der Waals surface area contributed by atoms with Crippen LogP contribution in [0.15, 0.2) is 17.4 Å². The molecule has 0 N–H and O–H groups in total. The molecule has 1 amide bonds. The molecule has 0 spiro atoms. The summed E-state index contributed by atoms with van der Waals surface area (Å²) in [7, 11) is 0. The van der Waals surface area contributed by atoms with E-state index in [2.05, 4.69) is 37.6 Å². The molecule has 1 unspecified atom stereocenters. The highest BCUT2D eigenvalue weighted by molar-refractivity contribution is 14.1. The Hall–Kier alpha value is -1.05. The van der Waals surface area contributed by atoms with Gasteiger partial charge in [0, 0.05) is 36.7 Å². The number of anilines is 1. The molecule has 8 heteroatoms. The van der Waals surface area contributed by atoms with Crippen LogP contribution in [-0.4, -0.2) is 24.0 Å². The molecule has 0 aliphatic carbocycles. The second-order valence-corrected chi connectivity index (χ2v) is 5.50. The fourth-order valence-electron chi connectivity index (χ4n) is 1.90. The molecular weight excluding hydrogens is 369 g/mol. The quantitative estimate of drug-likeness (QED) is 0.267. The first-order valence-electron chi connectivity index (χ1n) is 5.24. The molecule has 1 aromatic rings. The molecule has 1 atom stereocenters. The number of hydrogen-bond acceptors (Lipinski definition) is 3. The van der Waals surface area contributed by atoms with Gasteiger partial charge in [-0.05, 0) is 34.0 Å². The third-order valence-corrected chi connectivity index (χ3v) is 3.74. The summed E-state index contributed by atoms with van der Waals surface area (Å²) in [5.74, 6) is 0.0875. The van der Waals surface area contributed by atoms with Crippen LogP contribution in [0.4, 0.5) is 5.69 Å². The minimum absolute atomic E-state index is 0.0216. The van der Waals surface area contributed by atoms with Crippen molar-refractivity contribution in [3.63, 3.8) is 0 Å². The predicted molar refractivity (Wildman–Crippen MR) is 76.4 cm³/mol. The molecule has 1 saturated heterocycles. The number of aromatic nitrogens is 1. The van der Waals surface area contributed by atoms with E-state index in [-0.39, 0.29) is 11.8 Å². The molecular formula is C10H9ClIN5O. The van der Waals surface area contributed by atoms with Crippen molar-refractivity contribution in [2.45, 2.75) is 6.42 Å². The molecule has 1 aliphatic rings. The lowest BCUT2D eigenvalue weighted by atomic mass is 10.1. The Bertz CT molecular complexity index is 531. The van der Waals surface area contributed by atoms with Crippen LogP contribution in [-0.2, 0) is 4.79 Å². The van der Waals surface area contributed by atoms with Crippen LogP contribution in [0, 0.1) is 9.49 Å². The van der Waals surface area contributed by atoms with E-state index in [4.69, 9.17) is 17.1 Å². The number of rotatable bonds is 3. The zero-order chi connectivity index (χ0) is 13.1. The summed E-state index contributed by atoms with van der Waals surface area (Å²) in [6.07, 6.45) is 2.03. The fourth-order valence-corrected chi connectivity index (χ4v) is 2.64. The molecule has 0 bridgehead atoms. The normalized spacial score (nSPS) is 18.9. The summed E-state index contributed by atoms with van der Waals surface area (Å²) in [5.41, 5.74) is 9.06. The molecule has 0 saturated carbocycles. The number of carbonyl (C=O) groups excluding carboxylic acids is 1. The van der Waals surface area contributed by atoms with Gasteiger partial charge in [0.05, 0.1) is 9.26 Å². The lowest BCUT2D eigenvalue weighted by Crippen LogP contribution is -2.25. The number of amides is 1. The van der Waals surface area contributed by atoms with Gasteiger partial charge in [0.25, 0.3) is 0 Å². The third kappa shape index (κ3) is 2.85. The van der Waals surface area contributed by atoms with Gasteiger partial charge in [-0.2, -0.15) is 0 Å². The maximum absolute atomic E-state index is 11.9. The van der Waals surface area contributed by atoms with E-state index in [9.17, 15) is 4.79 Å². The van der Waals surface area contributed by atoms with Crippen molar-refractivity contribution in [3.8, 4) is 0 Å². The maximum atomic E-state index is 11.9. The van der Waals surface area contributed by atoms with Gasteiger partial charge in [0.15, 0.2) is 0 Å². The molecule has 94 valence electrons. The summed E-state index contributed by atoms with van der Waals surface area (Å²) in [6.45, 7) is 0.891. The molecule has 1 fully saturated rings. The number of azide groups is 1.